The highest BCUT2D eigenvalue weighted by molar-refractivity contribution is 7.16. The van der Waals surface area contributed by atoms with Gasteiger partial charge in [0.1, 0.15) is 5.00 Å². The number of anilines is 1. The van der Waals surface area contributed by atoms with Gasteiger partial charge in [-0.2, -0.15) is 0 Å². The molecule has 1 aromatic carbocycles. The van der Waals surface area contributed by atoms with Gasteiger partial charge in [0, 0.05) is 11.0 Å². The maximum absolute atomic E-state index is 12.3. The first-order valence-electron chi connectivity index (χ1n) is 8.69. The SMILES string of the molecule is CCOC(=O)c1c(NC(=O)/C=C/c2ccc(C(C)C)cc2)sc(C)c1C. The van der Waals surface area contributed by atoms with Crippen molar-refractivity contribution in [3.8, 4) is 0 Å². The van der Waals surface area contributed by atoms with Crippen molar-refractivity contribution >= 4 is 34.3 Å². The van der Waals surface area contributed by atoms with Crippen molar-refractivity contribution in [3.05, 3.63) is 57.5 Å². The van der Waals surface area contributed by atoms with Crippen molar-refractivity contribution in [2.24, 2.45) is 0 Å². The first kappa shape index (κ1) is 19.9. The number of amides is 1. The molecule has 1 aromatic heterocycles. The van der Waals surface area contributed by atoms with Gasteiger partial charge in [-0.1, -0.05) is 38.1 Å². The molecule has 2 aromatic rings. The van der Waals surface area contributed by atoms with Crippen LogP contribution in [0.1, 0.15) is 58.6 Å². The lowest BCUT2D eigenvalue weighted by molar-refractivity contribution is -0.111. The summed E-state index contributed by atoms with van der Waals surface area (Å²) in [4.78, 5) is 25.4. The van der Waals surface area contributed by atoms with Gasteiger partial charge in [-0.15, -0.1) is 11.3 Å². The van der Waals surface area contributed by atoms with Crippen LogP contribution in [0.25, 0.3) is 6.08 Å². The van der Waals surface area contributed by atoms with Crippen LogP contribution in [-0.4, -0.2) is 18.5 Å². The van der Waals surface area contributed by atoms with Gasteiger partial charge in [-0.25, -0.2) is 4.79 Å². The smallest absolute Gasteiger partial charge is 0.341 e. The second-order valence-corrected chi connectivity index (χ2v) is 7.58. The second-order valence-electron chi connectivity index (χ2n) is 6.35. The van der Waals surface area contributed by atoms with Gasteiger partial charge in [-0.3, -0.25) is 4.79 Å². The highest BCUT2D eigenvalue weighted by Gasteiger charge is 2.21. The Morgan fingerprint density at radius 2 is 1.85 bits per heavy atom. The second kappa shape index (κ2) is 8.81. The number of rotatable bonds is 6. The van der Waals surface area contributed by atoms with Crippen molar-refractivity contribution < 1.29 is 14.3 Å². The Balaban J connectivity index is 2.12. The number of aryl methyl sites for hydroxylation is 1. The molecule has 0 spiro atoms. The van der Waals surface area contributed by atoms with E-state index in [2.05, 4.69) is 31.3 Å². The molecular weight excluding hydrogens is 346 g/mol. The molecule has 0 saturated heterocycles. The number of esters is 1. The monoisotopic (exact) mass is 371 g/mol. The Morgan fingerprint density at radius 3 is 2.42 bits per heavy atom. The normalized spacial score (nSPS) is 11.2. The minimum Gasteiger partial charge on any atom is -0.462 e. The van der Waals surface area contributed by atoms with Crippen LogP contribution in [0.15, 0.2) is 30.3 Å². The van der Waals surface area contributed by atoms with E-state index in [1.54, 1.807) is 13.0 Å². The molecule has 0 saturated carbocycles. The molecule has 0 fully saturated rings. The molecule has 4 nitrogen and oxygen atoms in total. The third-order valence-electron chi connectivity index (χ3n) is 4.13. The number of benzene rings is 1. The quantitative estimate of drug-likeness (QED) is 0.552. The Labute approximate surface area is 158 Å². The molecule has 1 amide bonds. The summed E-state index contributed by atoms with van der Waals surface area (Å²) in [6.45, 7) is 10.1. The van der Waals surface area contributed by atoms with Crippen LogP contribution in [0.5, 0.6) is 0 Å². The molecule has 5 heteroatoms. The fraction of sp³-hybridized carbons (Fsp3) is 0.333. The van der Waals surface area contributed by atoms with Gasteiger partial charge in [-0.05, 0) is 49.5 Å². The Morgan fingerprint density at radius 1 is 1.19 bits per heavy atom. The highest BCUT2D eigenvalue weighted by atomic mass is 32.1. The zero-order chi connectivity index (χ0) is 19.3. The Bertz CT molecular complexity index is 817. The summed E-state index contributed by atoms with van der Waals surface area (Å²) in [5.41, 5.74) is 3.50. The van der Waals surface area contributed by atoms with Crippen LogP contribution in [0, 0.1) is 13.8 Å². The largest absolute Gasteiger partial charge is 0.462 e. The number of thiophene rings is 1. The third-order valence-corrected chi connectivity index (χ3v) is 5.25. The van der Waals surface area contributed by atoms with Gasteiger partial charge >= 0.3 is 5.97 Å². The van der Waals surface area contributed by atoms with E-state index >= 15 is 0 Å². The number of nitrogens with one attached hydrogen (secondary N) is 1. The fourth-order valence-electron chi connectivity index (χ4n) is 2.48. The van der Waals surface area contributed by atoms with E-state index in [1.165, 1.54) is 23.0 Å². The van der Waals surface area contributed by atoms with Crippen LogP contribution in [0.4, 0.5) is 5.00 Å². The van der Waals surface area contributed by atoms with E-state index in [-0.39, 0.29) is 5.91 Å². The minimum atomic E-state index is -0.405. The number of hydrogen-bond donors (Lipinski definition) is 1. The molecule has 26 heavy (non-hydrogen) atoms. The number of carbonyl (C=O) groups excluding carboxylic acids is 2. The van der Waals surface area contributed by atoms with E-state index in [0.717, 1.165) is 16.0 Å². The summed E-state index contributed by atoms with van der Waals surface area (Å²) >= 11 is 1.38. The highest BCUT2D eigenvalue weighted by Crippen LogP contribution is 2.33. The summed E-state index contributed by atoms with van der Waals surface area (Å²) < 4.78 is 5.10. The van der Waals surface area contributed by atoms with Gasteiger partial charge in [0.2, 0.25) is 5.91 Å². The molecule has 0 unspecified atom stereocenters. The molecule has 0 aliphatic rings. The standard InChI is InChI=1S/C21H25NO3S/c1-6-25-21(24)19-14(4)15(5)26-20(19)22-18(23)12-9-16-7-10-17(11-8-16)13(2)3/h7-13H,6H2,1-5H3,(H,22,23)/b12-9+. The Hall–Kier alpha value is -2.40. The summed E-state index contributed by atoms with van der Waals surface area (Å²) in [6, 6.07) is 8.10. The molecule has 0 atom stereocenters. The van der Waals surface area contributed by atoms with Crippen LogP contribution in [0.3, 0.4) is 0 Å². The lowest BCUT2D eigenvalue weighted by atomic mass is 10.0. The summed E-state index contributed by atoms with van der Waals surface area (Å²) in [7, 11) is 0. The lowest BCUT2D eigenvalue weighted by Gasteiger charge is -2.06. The van der Waals surface area contributed by atoms with Crippen molar-refractivity contribution in [2.75, 3.05) is 11.9 Å². The zero-order valence-electron chi connectivity index (χ0n) is 15.9. The van der Waals surface area contributed by atoms with Crippen molar-refractivity contribution in [1.29, 1.82) is 0 Å². The molecule has 0 aliphatic heterocycles. The number of hydrogen-bond acceptors (Lipinski definition) is 4. The van der Waals surface area contributed by atoms with Crippen molar-refractivity contribution in [3.63, 3.8) is 0 Å². The van der Waals surface area contributed by atoms with Gasteiger partial charge in [0.15, 0.2) is 0 Å². The summed E-state index contributed by atoms with van der Waals surface area (Å²) in [5, 5.41) is 3.33. The predicted octanol–water partition coefficient (Wildman–Crippen LogP) is 5.32. The molecule has 1 heterocycles. The average molecular weight is 372 g/mol. The third kappa shape index (κ3) is 4.82. The lowest BCUT2D eigenvalue weighted by Crippen LogP contribution is -2.12. The number of carbonyl (C=O) groups is 2. The van der Waals surface area contributed by atoms with Gasteiger partial charge in [0.25, 0.3) is 0 Å². The first-order chi connectivity index (χ1) is 12.3. The van der Waals surface area contributed by atoms with E-state index in [0.29, 0.717) is 23.1 Å². The average Bonchev–Trinajstić information content (AvgIpc) is 2.87. The van der Waals surface area contributed by atoms with E-state index in [9.17, 15) is 9.59 Å². The van der Waals surface area contributed by atoms with Crippen molar-refractivity contribution in [1.82, 2.24) is 0 Å². The van der Waals surface area contributed by atoms with Gasteiger partial charge in [0.05, 0.1) is 12.2 Å². The molecule has 0 aliphatic carbocycles. The molecule has 2 rings (SSSR count). The van der Waals surface area contributed by atoms with Crippen LogP contribution in [0.2, 0.25) is 0 Å². The van der Waals surface area contributed by atoms with E-state index in [4.69, 9.17) is 4.74 Å². The van der Waals surface area contributed by atoms with E-state index in [1.807, 2.05) is 26.0 Å². The predicted molar refractivity (Wildman–Crippen MR) is 108 cm³/mol. The maximum Gasteiger partial charge on any atom is 0.341 e. The van der Waals surface area contributed by atoms with Crippen molar-refractivity contribution in [2.45, 2.75) is 40.5 Å². The van der Waals surface area contributed by atoms with Gasteiger partial charge < -0.3 is 10.1 Å². The first-order valence-corrected chi connectivity index (χ1v) is 9.51. The summed E-state index contributed by atoms with van der Waals surface area (Å²) in [5.74, 6) is -0.203. The fourth-order valence-corrected chi connectivity index (χ4v) is 3.53. The van der Waals surface area contributed by atoms with E-state index < -0.39 is 5.97 Å². The minimum absolute atomic E-state index is 0.273. The number of ether oxygens (including phenoxy) is 1. The molecule has 138 valence electrons. The van der Waals surface area contributed by atoms with Crippen LogP contribution < -0.4 is 5.32 Å². The molecular formula is C21H25NO3S. The van der Waals surface area contributed by atoms with Crippen LogP contribution >= 0.6 is 11.3 Å². The zero-order valence-corrected chi connectivity index (χ0v) is 16.7. The Kier molecular flexibility index (Phi) is 6.75. The van der Waals surface area contributed by atoms with Crippen LogP contribution in [-0.2, 0) is 9.53 Å². The molecule has 0 radical (unpaired) electrons. The molecule has 1 N–H and O–H groups in total. The topological polar surface area (TPSA) is 55.4 Å². The summed E-state index contributed by atoms with van der Waals surface area (Å²) in [6.07, 6.45) is 3.24. The molecule has 0 bridgehead atoms. The maximum atomic E-state index is 12.3.